The van der Waals surface area contributed by atoms with E-state index < -0.39 is 5.97 Å². The first-order chi connectivity index (χ1) is 15.5. The number of hydrogen-bond donors (Lipinski definition) is 2. The Morgan fingerprint density at radius 1 is 0.938 bits per heavy atom. The maximum absolute atomic E-state index is 12.4. The van der Waals surface area contributed by atoms with Crippen LogP contribution in [-0.2, 0) is 26.1 Å². The van der Waals surface area contributed by atoms with Gasteiger partial charge in [0.1, 0.15) is 5.69 Å². The number of nitrogens with zero attached hydrogens (tertiary/aromatic N) is 1. The third-order valence-corrected chi connectivity index (χ3v) is 6.18. The largest absolute Gasteiger partial charge is 0.477 e. The summed E-state index contributed by atoms with van der Waals surface area (Å²) in [4.78, 5) is 12.4. The highest BCUT2D eigenvalue weighted by molar-refractivity contribution is 5.98. The third kappa shape index (κ3) is 4.46. The molecule has 2 N–H and O–H groups in total. The normalized spacial score (nSPS) is 11.2. The molecule has 164 valence electrons. The molecule has 0 atom stereocenters. The van der Waals surface area contributed by atoms with Crippen molar-refractivity contribution in [2.24, 2.45) is 0 Å². The van der Waals surface area contributed by atoms with Gasteiger partial charge >= 0.3 is 5.97 Å². The van der Waals surface area contributed by atoms with Crippen LogP contribution in [0.4, 0.5) is 0 Å². The molecule has 0 aliphatic rings. The smallest absolute Gasteiger partial charge is 0.352 e. The predicted octanol–water partition coefficient (Wildman–Crippen LogP) is 5.86. The van der Waals surface area contributed by atoms with Crippen molar-refractivity contribution in [3.63, 3.8) is 0 Å². The number of carbonyl (C=O) groups is 1. The molecule has 3 aromatic carbocycles. The molecule has 4 nitrogen and oxygen atoms in total. The van der Waals surface area contributed by atoms with Crippen molar-refractivity contribution in [3.05, 3.63) is 106 Å². The summed E-state index contributed by atoms with van der Waals surface area (Å²) in [5.74, 6) is -0.892. The van der Waals surface area contributed by atoms with Crippen molar-refractivity contribution >= 4 is 16.9 Å². The van der Waals surface area contributed by atoms with Gasteiger partial charge in [0.25, 0.3) is 0 Å². The van der Waals surface area contributed by atoms with Crippen LogP contribution in [0.2, 0.25) is 0 Å². The van der Waals surface area contributed by atoms with Crippen LogP contribution in [0.1, 0.15) is 50.8 Å². The van der Waals surface area contributed by atoms with Gasteiger partial charge in [-0.15, -0.1) is 0 Å². The lowest BCUT2D eigenvalue weighted by atomic mass is 10.1. The van der Waals surface area contributed by atoms with Gasteiger partial charge in [-0.2, -0.15) is 0 Å². The molecule has 0 saturated heterocycles. The van der Waals surface area contributed by atoms with E-state index in [4.69, 9.17) is 0 Å². The predicted molar refractivity (Wildman–Crippen MR) is 130 cm³/mol. The van der Waals surface area contributed by atoms with Crippen molar-refractivity contribution in [3.8, 4) is 0 Å². The Hall–Kier alpha value is -3.37. The lowest BCUT2D eigenvalue weighted by Gasteiger charge is -2.12. The molecule has 4 aromatic rings. The van der Waals surface area contributed by atoms with Crippen molar-refractivity contribution in [1.82, 2.24) is 9.88 Å². The molecular weight excluding hydrogens is 396 g/mol. The van der Waals surface area contributed by atoms with E-state index in [1.165, 1.54) is 11.1 Å². The number of fused-ring (bicyclic) bond motifs is 1. The van der Waals surface area contributed by atoms with Crippen LogP contribution in [0.5, 0.6) is 0 Å². The molecular formula is C28H30N2O2. The SMILES string of the molecule is CCc1ccc(CNCc2c(C(=O)O)n(Cc3ccccc3C)c3cc(C)ccc23)cc1. The van der Waals surface area contributed by atoms with Gasteiger partial charge < -0.3 is 15.0 Å². The standard InChI is InChI=1S/C28H30N2O2/c1-4-21-10-12-22(13-11-21)16-29-17-25-24-14-9-19(2)15-26(24)30(27(25)28(31)32)18-23-8-6-5-7-20(23)3/h5-15,29H,4,16-18H2,1-3H3,(H,31,32). The van der Waals surface area contributed by atoms with Crippen molar-refractivity contribution in [1.29, 1.82) is 0 Å². The molecule has 0 spiro atoms. The van der Waals surface area contributed by atoms with Crippen LogP contribution in [0.25, 0.3) is 10.9 Å². The second kappa shape index (κ2) is 9.41. The fraction of sp³-hybridized carbons (Fsp3) is 0.250. The average molecular weight is 427 g/mol. The number of aryl methyl sites for hydroxylation is 3. The minimum absolute atomic E-state index is 0.364. The summed E-state index contributed by atoms with van der Waals surface area (Å²) in [5.41, 5.74) is 8.09. The Bertz CT molecular complexity index is 1250. The van der Waals surface area contributed by atoms with Crippen molar-refractivity contribution in [2.75, 3.05) is 0 Å². The number of hydrogen-bond acceptors (Lipinski definition) is 2. The summed E-state index contributed by atoms with van der Waals surface area (Å²) in [6.45, 7) is 7.99. The van der Waals surface area contributed by atoms with E-state index in [1.54, 1.807) is 0 Å². The summed E-state index contributed by atoms with van der Waals surface area (Å²) < 4.78 is 1.96. The Labute approximate surface area is 189 Å². The van der Waals surface area contributed by atoms with Gasteiger partial charge in [0, 0.05) is 36.1 Å². The van der Waals surface area contributed by atoms with Gasteiger partial charge in [0.05, 0.1) is 0 Å². The fourth-order valence-electron chi connectivity index (χ4n) is 4.30. The Kier molecular flexibility index (Phi) is 6.42. The molecule has 0 aliphatic heterocycles. The van der Waals surface area contributed by atoms with E-state index in [1.807, 2.05) is 23.6 Å². The zero-order valence-corrected chi connectivity index (χ0v) is 19.0. The number of aromatic carboxylic acids is 1. The summed E-state index contributed by atoms with van der Waals surface area (Å²) in [7, 11) is 0. The Morgan fingerprint density at radius 2 is 1.66 bits per heavy atom. The first-order valence-corrected chi connectivity index (χ1v) is 11.2. The molecule has 0 amide bonds. The second-order valence-electron chi connectivity index (χ2n) is 8.44. The van der Waals surface area contributed by atoms with Crippen LogP contribution >= 0.6 is 0 Å². The molecule has 0 bridgehead atoms. The maximum atomic E-state index is 12.4. The van der Waals surface area contributed by atoms with E-state index in [9.17, 15) is 9.90 Å². The Morgan fingerprint density at radius 3 is 2.34 bits per heavy atom. The van der Waals surface area contributed by atoms with Gasteiger partial charge in [-0.1, -0.05) is 67.6 Å². The zero-order valence-electron chi connectivity index (χ0n) is 19.0. The molecule has 0 aliphatic carbocycles. The minimum Gasteiger partial charge on any atom is -0.477 e. The summed E-state index contributed by atoms with van der Waals surface area (Å²) in [6.07, 6.45) is 1.02. The quantitative estimate of drug-likeness (QED) is 0.371. The molecule has 0 fully saturated rings. The molecule has 4 rings (SSSR count). The van der Waals surface area contributed by atoms with E-state index in [-0.39, 0.29) is 0 Å². The molecule has 1 heterocycles. The van der Waals surface area contributed by atoms with Crippen molar-refractivity contribution in [2.45, 2.75) is 46.8 Å². The number of nitrogens with one attached hydrogen (secondary N) is 1. The third-order valence-electron chi connectivity index (χ3n) is 6.18. The Balaban J connectivity index is 1.70. The average Bonchev–Trinajstić information content (AvgIpc) is 3.08. The first kappa shape index (κ1) is 21.8. The van der Waals surface area contributed by atoms with E-state index >= 15 is 0 Å². The lowest BCUT2D eigenvalue weighted by molar-refractivity contribution is 0.0684. The zero-order chi connectivity index (χ0) is 22.7. The van der Waals surface area contributed by atoms with Crippen LogP contribution in [0, 0.1) is 13.8 Å². The second-order valence-corrected chi connectivity index (χ2v) is 8.44. The summed E-state index contributed by atoms with van der Waals surface area (Å²) in [6, 6.07) is 22.9. The molecule has 0 unspecified atom stereocenters. The number of carboxylic acid groups (broad SMARTS) is 1. The van der Waals surface area contributed by atoms with Gasteiger partial charge in [-0.25, -0.2) is 4.79 Å². The van der Waals surface area contributed by atoms with Crippen LogP contribution in [-0.4, -0.2) is 15.6 Å². The number of aromatic nitrogens is 1. The van der Waals surface area contributed by atoms with Crippen molar-refractivity contribution < 1.29 is 9.90 Å². The number of carboxylic acids is 1. The number of benzene rings is 3. The monoisotopic (exact) mass is 426 g/mol. The summed E-state index contributed by atoms with van der Waals surface area (Å²) in [5, 5.41) is 14.7. The van der Waals surface area contributed by atoms with Gasteiger partial charge in [0.2, 0.25) is 0 Å². The number of rotatable bonds is 8. The lowest BCUT2D eigenvalue weighted by Crippen LogP contribution is -2.17. The van der Waals surface area contributed by atoms with E-state index in [2.05, 4.69) is 73.8 Å². The fourth-order valence-corrected chi connectivity index (χ4v) is 4.30. The highest BCUT2D eigenvalue weighted by Gasteiger charge is 2.22. The molecule has 0 saturated carbocycles. The molecule has 1 aromatic heterocycles. The van der Waals surface area contributed by atoms with E-state index in [0.29, 0.717) is 25.3 Å². The maximum Gasteiger partial charge on any atom is 0.352 e. The van der Waals surface area contributed by atoms with Crippen LogP contribution in [0.3, 0.4) is 0 Å². The van der Waals surface area contributed by atoms with E-state index in [0.717, 1.165) is 39.6 Å². The first-order valence-electron chi connectivity index (χ1n) is 11.2. The van der Waals surface area contributed by atoms with Gasteiger partial charge in [-0.3, -0.25) is 0 Å². The molecule has 32 heavy (non-hydrogen) atoms. The highest BCUT2D eigenvalue weighted by atomic mass is 16.4. The van der Waals surface area contributed by atoms with Crippen LogP contribution < -0.4 is 5.32 Å². The minimum atomic E-state index is -0.892. The highest BCUT2D eigenvalue weighted by Crippen LogP contribution is 2.29. The topological polar surface area (TPSA) is 54.3 Å². The molecule has 4 heteroatoms. The van der Waals surface area contributed by atoms with Gasteiger partial charge in [-0.05, 0) is 54.2 Å². The molecule has 0 radical (unpaired) electrons. The van der Waals surface area contributed by atoms with Gasteiger partial charge in [0.15, 0.2) is 0 Å². The summed E-state index contributed by atoms with van der Waals surface area (Å²) >= 11 is 0. The van der Waals surface area contributed by atoms with Crippen LogP contribution in [0.15, 0.2) is 66.7 Å².